The van der Waals surface area contributed by atoms with E-state index in [2.05, 4.69) is 25.7 Å². The highest BCUT2D eigenvalue weighted by molar-refractivity contribution is 5.70. The number of ether oxygens (including phenoxy) is 1. The summed E-state index contributed by atoms with van der Waals surface area (Å²) in [6, 6.07) is 0. The van der Waals surface area contributed by atoms with Gasteiger partial charge in [0.05, 0.1) is 12.6 Å². The molecule has 0 N–H and O–H groups in total. The van der Waals surface area contributed by atoms with Crippen LogP contribution in [0.25, 0.3) is 0 Å². The van der Waals surface area contributed by atoms with Gasteiger partial charge in [-0.3, -0.25) is 9.80 Å². The maximum Gasteiger partial charge on any atom is 0.410 e. The average Bonchev–Trinajstić information content (AvgIpc) is 2.13. The number of carbonyl (C=O) groups excluding carboxylic acids is 1. The van der Waals surface area contributed by atoms with Gasteiger partial charge in [-0.1, -0.05) is 6.92 Å². The van der Waals surface area contributed by atoms with Crippen LogP contribution in [0.3, 0.4) is 0 Å². The van der Waals surface area contributed by atoms with Crippen LogP contribution >= 0.6 is 0 Å². The summed E-state index contributed by atoms with van der Waals surface area (Å²) in [4.78, 5) is 15.9. The first-order valence-corrected chi connectivity index (χ1v) is 6.06. The van der Waals surface area contributed by atoms with Crippen LogP contribution in [0.2, 0.25) is 0 Å². The minimum absolute atomic E-state index is 0.0968. The van der Waals surface area contributed by atoms with Crippen LogP contribution in [0.15, 0.2) is 0 Å². The predicted molar refractivity (Wildman–Crippen MR) is 62.4 cm³/mol. The van der Waals surface area contributed by atoms with Gasteiger partial charge in [-0.05, 0) is 26.7 Å². The summed E-state index contributed by atoms with van der Waals surface area (Å²) in [6.45, 7) is 9.60. The van der Waals surface area contributed by atoms with Crippen molar-refractivity contribution in [1.82, 2.24) is 9.80 Å². The summed E-state index contributed by atoms with van der Waals surface area (Å²) in [6.07, 6.45) is 2.10. The molecule has 0 aromatic heterocycles. The van der Waals surface area contributed by atoms with Gasteiger partial charge < -0.3 is 4.74 Å². The van der Waals surface area contributed by atoms with Gasteiger partial charge in [-0.25, -0.2) is 4.79 Å². The van der Waals surface area contributed by atoms with Crippen LogP contribution in [-0.2, 0) is 4.74 Å². The van der Waals surface area contributed by atoms with E-state index in [1.165, 1.54) is 7.11 Å². The fourth-order valence-corrected chi connectivity index (χ4v) is 2.58. The summed E-state index contributed by atoms with van der Waals surface area (Å²) in [5, 5.41) is 0. The number of carbonyl (C=O) groups is 1. The molecule has 0 aliphatic carbocycles. The topological polar surface area (TPSA) is 32.8 Å². The van der Waals surface area contributed by atoms with Crippen molar-refractivity contribution >= 4 is 6.09 Å². The quantitative estimate of drug-likeness (QED) is 0.718. The van der Waals surface area contributed by atoms with Crippen LogP contribution in [0.4, 0.5) is 4.79 Å². The third-order valence-corrected chi connectivity index (χ3v) is 4.46. The van der Waals surface area contributed by atoms with Crippen molar-refractivity contribution in [2.45, 2.75) is 44.7 Å². The molecule has 92 valence electrons. The number of methoxy groups -OCH3 is 1. The van der Waals surface area contributed by atoms with Crippen LogP contribution in [-0.4, -0.2) is 53.7 Å². The van der Waals surface area contributed by atoms with Crippen molar-refractivity contribution in [2.24, 2.45) is 0 Å². The molecule has 2 fully saturated rings. The summed E-state index contributed by atoms with van der Waals surface area (Å²) in [5.74, 6) is 0. The summed E-state index contributed by atoms with van der Waals surface area (Å²) < 4.78 is 4.80. The Balaban J connectivity index is 1.94. The molecule has 2 rings (SSSR count). The number of hydrogen-bond acceptors (Lipinski definition) is 3. The predicted octanol–water partition coefficient (Wildman–Crippen LogP) is 1.70. The first-order valence-electron chi connectivity index (χ1n) is 6.06. The Hall–Kier alpha value is -0.770. The largest absolute Gasteiger partial charge is 0.453 e. The maximum atomic E-state index is 11.5. The molecule has 1 amide bonds. The normalized spacial score (nSPS) is 23.9. The molecule has 4 heteroatoms. The Kier molecular flexibility index (Phi) is 2.65. The first kappa shape index (κ1) is 11.7. The summed E-state index contributed by atoms with van der Waals surface area (Å²) in [5.41, 5.74) is 0.349. The molecule has 2 saturated heterocycles. The van der Waals surface area contributed by atoms with Crippen LogP contribution < -0.4 is 0 Å². The van der Waals surface area contributed by atoms with Crippen molar-refractivity contribution in [1.29, 1.82) is 0 Å². The highest BCUT2D eigenvalue weighted by Crippen LogP contribution is 2.43. The monoisotopic (exact) mass is 226 g/mol. The van der Waals surface area contributed by atoms with Crippen molar-refractivity contribution in [2.75, 3.05) is 26.7 Å². The van der Waals surface area contributed by atoms with Gasteiger partial charge in [-0.2, -0.15) is 0 Å². The van der Waals surface area contributed by atoms with Crippen molar-refractivity contribution in [3.8, 4) is 0 Å². The molecule has 4 nitrogen and oxygen atoms in total. The van der Waals surface area contributed by atoms with Crippen LogP contribution in [0.1, 0.15) is 33.6 Å². The maximum absolute atomic E-state index is 11.5. The van der Waals surface area contributed by atoms with Gasteiger partial charge in [0.25, 0.3) is 0 Å². The molecule has 0 aromatic rings. The molecule has 0 saturated carbocycles. The lowest BCUT2D eigenvalue weighted by atomic mass is 9.75. The molecule has 16 heavy (non-hydrogen) atoms. The Labute approximate surface area is 97.5 Å². The molecule has 0 radical (unpaired) electrons. The van der Waals surface area contributed by atoms with Crippen molar-refractivity contribution in [3.05, 3.63) is 0 Å². The SMILES string of the molecule is CCC(C)(C)N1CC2(CCN2C(=O)OC)C1. The number of nitrogens with zero attached hydrogens (tertiary/aromatic N) is 2. The van der Waals surface area contributed by atoms with Gasteiger partial charge in [0.1, 0.15) is 0 Å². The summed E-state index contributed by atoms with van der Waals surface area (Å²) in [7, 11) is 1.46. The second-order valence-corrected chi connectivity index (χ2v) is 5.62. The third-order valence-electron chi connectivity index (χ3n) is 4.46. The number of likely N-dealkylation sites (tertiary alicyclic amines) is 2. The lowest BCUT2D eigenvalue weighted by molar-refractivity contribution is -0.139. The van der Waals surface area contributed by atoms with E-state index < -0.39 is 0 Å². The van der Waals surface area contributed by atoms with Crippen molar-refractivity contribution in [3.63, 3.8) is 0 Å². The Morgan fingerprint density at radius 3 is 2.44 bits per heavy atom. The molecule has 0 unspecified atom stereocenters. The highest BCUT2D eigenvalue weighted by atomic mass is 16.5. The number of amides is 1. The second kappa shape index (κ2) is 3.62. The van der Waals surface area contributed by atoms with E-state index in [9.17, 15) is 4.79 Å². The molecule has 1 spiro atoms. The van der Waals surface area contributed by atoms with Gasteiger partial charge >= 0.3 is 6.09 Å². The average molecular weight is 226 g/mol. The third kappa shape index (κ3) is 1.51. The fraction of sp³-hybridized carbons (Fsp3) is 0.917. The zero-order valence-corrected chi connectivity index (χ0v) is 10.7. The van der Waals surface area contributed by atoms with Gasteiger partial charge in [0.2, 0.25) is 0 Å². The second-order valence-electron chi connectivity index (χ2n) is 5.62. The molecule has 0 atom stereocenters. The molecular formula is C12H22N2O2. The zero-order chi connectivity index (χ0) is 12.0. The first-order chi connectivity index (χ1) is 7.45. The number of rotatable bonds is 2. The van der Waals surface area contributed by atoms with E-state index in [1.807, 2.05) is 4.90 Å². The van der Waals surface area contributed by atoms with Gasteiger partial charge in [0, 0.05) is 25.2 Å². The molecule has 2 heterocycles. The molecular weight excluding hydrogens is 204 g/mol. The van der Waals surface area contributed by atoms with Crippen LogP contribution in [0, 0.1) is 0 Å². The molecule has 0 aromatic carbocycles. The van der Waals surface area contributed by atoms with E-state index in [4.69, 9.17) is 4.74 Å². The van der Waals surface area contributed by atoms with E-state index in [0.29, 0.717) is 0 Å². The Morgan fingerprint density at radius 1 is 1.44 bits per heavy atom. The minimum atomic E-state index is -0.166. The van der Waals surface area contributed by atoms with Crippen molar-refractivity contribution < 1.29 is 9.53 Å². The number of hydrogen-bond donors (Lipinski definition) is 0. The van der Waals surface area contributed by atoms with E-state index in [1.54, 1.807) is 0 Å². The lowest BCUT2D eigenvalue weighted by Gasteiger charge is -2.65. The summed E-state index contributed by atoms with van der Waals surface area (Å²) >= 11 is 0. The zero-order valence-electron chi connectivity index (χ0n) is 10.7. The Morgan fingerprint density at radius 2 is 2.06 bits per heavy atom. The van der Waals surface area contributed by atoms with E-state index in [0.717, 1.165) is 32.5 Å². The molecule has 2 aliphatic rings. The Bertz CT molecular complexity index is 295. The van der Waals surface area contributed by atoms with E-state index >= 15 is 0 Å². The van der Waals surface area contributed by atoms with Gasteiger partial charge in [-0.15, -0.1) is 0 Å². The molecule has 2 aliphatic heterocycles. The highest BCUT2D eigenvalue weighted by Gasteiger charge is 2.58. The van der Waals surface area contributed by atoms with Gasteiger partial charge in [0.15, 0.2) is 0 Å². The van der Waals surface area contributed by atoms with E-state index in [-0.39, 0.29) is 17.2 Å². The smallest absolute Gasteiger partial charge is 0.410 e. The fourth-order valence-electron chi connectivity index (χ4n) is 2.58. The molecule has 0 bridgehead atoms. The minimum Gasteiger partial charge on any atom is -0.453 e. The lowest BCUT2D eigenvalue weighted by Crippen LogP contribution is -2.80. The standard InChI is InChI=1S/C12H22N2O2/c1-5-11(2,3)13-8-12(9-13)6-7-14(12)10(15)16-4/h5-9H2,1-4H3. The van der Waals surface area contributed by atoms with Crippen LogP contribution in [0.5, 0.6) is 0 Å².